The van der Waals surface area contributed by atoms with Gasteiger partial charge in [0, 0.05) is 5.56 Å². The lowest BCUT2D eigenvalue weighted by molar-refractivity contribution is -0.107. The van der Waals surface area contributed by atoms with Crippen LogP contribution in [0.25, 0.3) is 28.1 Å². The molecule has 0 aliphatic rings. The van der Waals surface area contributed by atoms with Crippen molar-refractivity contribution in [1.82, 2.24) is 14.4 Å². The fraction of sp³-hybridized carbons (Fsp3) is 0.0500. The molecule has 0 aliphatic heterocycles. The molecule has 0 amide bonds. The Hall–Kier alpha value is -2.92. The minimum Gasteiger partial charge on any atom is -0.282 e. The summed E-state index contributed by atoms with van der Waals surface area (Å²) in [7, 11) is 0. The van der Waals surface area contributed by atoms with Gasteiger partial charge in [-0.1, -0.05) is 54.6 Å². The highest BCUT2D eigenvalue weighted by molar-refractivity contribution is 8.14. The maximum atomic E-state index is 12.3. The second-order valence-electron chi connectivity index (χ2n) is 5.48. The molecule has 0 spiro atoms. The first-order valence-electron chi connectivity index (χ1n) is 7.95. The van der Waals surface area contributed by atoms with Gasteiger partial charge >= 0.3 is 0 Å². The van der Waals surface area contributed by atoms with Gasteiger partial charge in [-0.3, -0.25) is 9.20 Å². The first-order chi connectivity index (χ1) is 12.3. The largest absolute Gasteiger partial charge is 0.282 e. The molecule has 122 valence electrons. The Bertz CT molecular complexity index is 1100. The summed E-state index contributed by atoms with van der Waals surface area (Å²) in [6, 6.07) is 19.7. The van der Waals surface area contributed by atoms with E-state index in [0.717, 1.165) is 27.3 Å². The molecule has 4 aromatic rings. The predicted molar refractivity (Wildman–Crippen MR) is 102 cm³/mol. The van der Waals surface area contributed by atoms with Crippen LogP contribution in [0.4, 0.5) is 0 Å². The lowest BCUT2D eigenvalue weighted by Gasteiger charge is -2.02. The lowest BCUT2D eigenvalue weighted by atomic mass is 10.2. The second kappa shape index (κ2) is 6.53. The van der Waals surface area contributed by atoms with Crippen molar-refractivity contribution in [3.63, 3.8) is 0 Å². The van der Waals surface area contributed by atoms with Gasteiger partial charge in [-0.15, -0.1) is 0 Å². The van der Waals surface area contributed by atoms with Crippen molar-refractivity contribution in [3.8, 4) is 11.3 Å². The van der Waals surface area contributed by atoms with Gasteiger partial charge in [-0.2, -0.15) is 0 Å². The minimum absolute atomic E-state index is 0.0314. The highest BCUT2D eigenvalue weighted by Gasteiger charge is 2.20. The van der Waals surface area contributed by atoms with Crippen LogP contribution in [0.2, 0.25) is 0 Å². The maximum Gasteiger partial charge on any atom is 0.236 e. The number of fused-ring (bicyclic) bond motifs is 3. The third kappa shape index (κ3) is 2.83. The van der Waals surface area contributed by atoms with Gasteiger partial charge in [0.05, 0.1) is 11.0 Å². The molecular formula is C20H15N3OS. The molecule has 4 rings (SSSR count). The Balaban J connectivity index is 2.02. The summed E-state index contributed by atoms with van der Waals surface area (Å²) in [6.07, 6.45) is 3.31. The molecule has 5 heteroatoms. The van der Waals surface area contributed by atoms with Gasteiger partial charge in [-0.05, 0) is 36.9 Å². The molecule has 4 nitrogen and oxygen atoms in total. The van der Waals surface area contributed by atoms with E-state index in [-0.39, 0.29) is 5.12 Å². The molecule has 2 heterocycles. The summed E-state index contributed by atoms with van der Waals surface area (Å²) in [5.74, 6) is 0.607. The number of nitrogens with zero attached hydrogens (tertiary/aromatic N) is 3. The number of aromatic nitrogens is 3. The monoisotopic (exact) mass is 345 g/mol. The third-order valence-corrected chi connectivity index (χ3v) is 4.73. The minimum atomic E-state index is -0.0314. The van der Waals surface area contributed by atoms with Crippen molar-refractivity contribution in [2.75, 3.05) is 0 Å². The maximum absolute atomic E-state index is 12.3. The molecule has 0 fully saturated rings. The molecule has 0 radical (unpaired) electrons. The van der Waals surface area contributed by atoms with Gasteiger partial charge in [0.25, 0.3) is 0 Å². The van der Waals surface area contributed by atoms with E-state index in [1.807, 2.05) is 72.0 Å². The van der Waals surface area contributed by atoms with E-state index in [1.165, 1.54) is 11.8 Å². The van der Waals surface area contributed by atoms with Gasteiger partial charge < -0.3 is 0 Å². The smallest absolute Gasteiger partial charge is 0.236 e. The summed E-state index contributed by atoms with van der Waals surface area (Å²) in [6.45, 7) is 1.84. The van der Waals surface area contributed by atoms with E-state index < -0.39 is 0 Å². The van der Waals surface area contributed by atoms with Crippen LogP contribution >= 0.6 is 11.8 Å². The highest BCUT2D eigenvalue weighted by atomic mass is 32.2. The summed E-state index contributed by atoms with van der Waals surface area (Å²) in [5, 5.41) is 0.758. The number of thioether (sulfide) groups is 1. The number of hydrogen-bond donors (Lipinski definition) is 0. The Labute approximate surface area is 149 Å². The van der Waals surface area contributed by atoms with Gasteiger partial charge in [0.1, 0.15) is 10.7 Å². The van der Waals surface area contributed by atoms with Crippen molar-refractivity contribution >= 4 is 33.7 Å². The number of imidazole rings is 2. The standard InChI is InChI=1S/C20H15N3OS/c1-2-9-17(24)25-19-18(14-10-5-3-6-11-14)22-20-21-15-12-7-4-8-13-16(15)23(19)20/h2-13H,1H3/b9-2+. The molecule has 0 saturated heterocycles. The lowest BCUT2D eigenvalue weighted by Crippen LogP contribution is -1.91. The zero-order valence-corrected chi connectivity index (χ0v) is 14.4. The second-order valence-corrected chi connectivity index (χ2v) is 6.47. The summed E-state index contributed by atoms with van der Waals surface area (Å²) in [5.41, 5.74) is 3.54. The van der Waals surface area contributed by atoms with Crippen LogP contribution in [0, 0.1) is 0 Å². The summed E-state index contributed by atoms with van der Waals surface area (Å²) < 4.78 is 1.96. The predicted octanol–water partition coefficient (Wildman–Crippen LogP) is 4.74. The first kappa shape index (κ1) is 15.6. The van der Waals surface area contributed by atoms with E-state index in [2.05, 4.69) is 4.98 Å². The van der Waals surface area contributed by atoms with Crippen molar-refractivity contribution in [2.45, 2.75) is 11.9 Å². The van der Waals surface area contributed by atoms with E-state index in [0.29, 0.717) is 5.78 Å². The van der Waals surface area contributed by atoms with Crippen molar-refractivity contribution in [3.05, 3.63) is 72.8 Å². The molecule has 0 bridgehead atoms. The topological polar surface area (TPSA) is 47.3 Å². The number of rotatable bonds is 3. The Morgan fingerprint density at radius 2 is 1.72 bits per heavy atom. The molecule has 0 aliphatic carbocycles. The Kier molecular flexibility index (Phi) is 4.07. The van der Waals surface area contributed by atoms with Gasteiger partial charge in [0.15, 0.2) is 0 Å². The van der Waals surface area contributed by atoms with Crippen LogP contribution in [-0.2, 0) is 4.79 Å². The first-order valence-corrected chi connectivity index (χ1v) is 8.76. The van der Waals surface area contributed by atoms with Crippen molar-refractivity contribution in [2.24, 2.45) is 0 Å². The molecule has 25 heavy (non-hydrogen) atoms. The normalized spacial score (nSPS) is 11.6. The number of carbonyl (C=O) groups excluding carboxylic acids is 1. The zero-order chi connectivity index (χ0) is 17.2. The third-order valence-electron chi connectivity index (χ3n) is 3.82. The van der Waals surface area contributed by atoms with E-state index in [4.69, 9.17) is 4.98 Å². The van der Waals surface area contributed by atoms with E-state index >= 15 is 0 Å². The fourth-order valence-electron chi connectivity index (χ4n) is 2.75. The molecule has 2 aromatic carbocycles. The molecule has 2 aromatic heterocycles. The molecule has 0 saturated carbocycles. The average molecular weight is 345 g/mol. The molecule has 0 atom stereocenters. The highest BCUT2D eigenvalue weighted by Crippen LogP contribution is 2.34. The number of hydrogen-bond acceptors (Lipinski definition) is 4. The number of carbonyl (C=O) groups is 1. The van der Waals surface area contributed by atoms with Crippen LogP contribution < -0.4 is 0 Å². The van der Waals surface area contributed by atoms with Crippen LogP contribution in [0.1, 0.15) is 6.92 Å². The average Bonchev–Trinajstić information content (AvgIpc) is 3.03. The van der Waals surface area contributed by atoms with Gasteiger partial charge in [0.2, 0.25) is 10.9 Å². The van der Waals surface area contributed by atoms with Crippen LogP contribution in [0.3, 0.4) is 0 Å². The van der Waals surface area contributed by atoms with Crippen molar-refractivity contribution < 1.29 is 4.79 Å². The fourth-order valence-corrected chi connectivity index (χ4v) is 3.68. The van der Waals surface area contributed by atoms with Crippen LogP contribution in [0.5, 0.6) is 0 Å². The SMILES string of the molecule is C/C=C/C(=O)Sc1c(-c2ccccc2)nc2nc3cccccc3n12. The summed E-state index contributed by atoms with van der Waals surface area (Å²) in [4.78, 5) is 21.6. The van der Waals surface area contributed by atoms with E-state index in [1.54, 1.807) is 12.2 Å². The number of allylic oxidation sites excluding steroid dienone is 1. The quantitative estimate of drug-likeness (QED) is 0.397. The van der Waals surface area contributed by atoms with Crippen molar-refractivity contribution in [1.29, 1.82) is 0 Å². The van der Waals surface area contributed by atoms with Crippen LogP contribution in [-0.4, -0.2) is 19.5 Å². The number of benzene rings is 1. The molecular weight excluding hydrogens is 330 g/mol. The zero-order valence-electron chi connectivity index (χ0n) is 13.6. The van der Waals surface area contributed by atoms with E-state index in [9.17, 15) is 4.79 Å². The van der Waals surface area contributed by atoms with Gasteiger partial charge in [-0.25, -0.2) is 9.97 Å². The Morgan fingerprint density at radius 1 is 1.00 bits per heavy atom. The Morgan fingerprint density at radius 3 is 2.48 bits per heavy atom. The molecule has 0 unspecified atom stereocenters. The summed E-state index contributed by atoms with van der Waals surface area (Å²) >= 11 is 1.18. The van der Waals surface area contributed by atoms with Crippen LogP contribution in [0.15, 0.2) is 77.8 Å². The molecule has 0 N–H and O–H groups in total.